The molecule has 0 aromatic heterocycles. The number of rotatable bonds is 6. The molecular formula is C18H19FO3. The molecule has 1 unspecified atom stereocenters. The van der Waals surface area contributed by atoms with Crippen molar-refractivity contribution in [3.8, 4) is 11.1 Å². The fourth-order valence-electron chi connectivity index (χ4n) is 2.14. The van der Waals surface area contributed by atoms with Crippen molar-refractivity contribution >= 4 is 5.97 Å². The van der Waals surface area contributed by atoms with Gasteiger partial charge in [0.2, 0.25) is 0 Å². The Labute approximate surface area is 129 Å². The van der Waals surface area contributed by atoms with Crippen LogP contribution in [0.15, 0.2) is 48.5 Å². The lowest BCUT2D eigenvalue weighted by atomic mass is 9.97. The monoisotopic (exact) mass is 302 g/mol. The Morgan fingerprint density at radius 1 is 1.14 bits per heavy atom. The molecule has 0 saturated carbocycles. The second kappa shape index (κ2) is 7.71. The quantitative estimate of drug-likeness (QED) is 0.601. The van der Waals surface area contributed by atoms with E-state index in [1.807, 2.05) is 30.3 Å². The molecular weight excluding hydrogens is 283 g/mol. The molecule has 2 rings (SSSR count). The van der Waals surface area contributed by atoms with E-state index in [1.165, 1.54) is 13.2 Å². The van der Waals surface area contributed by atoms with Crippen molar-refractivity contribution in [3.05, 3.63) is 59.9 Å². The van der Waals surface area contributed by atoms with Gasteiger partial charge in [-0.3, -0.25) is 4.79 Å². The van der Waals surface area contributed by atoms with Gasteiger partial charge in [0.1, 0.15) is 12.4 Å². The van der Waals surface area contributed by atoms with Crippen LogP contribution in [0.3, 0.4) is 0 Å². The molecule has 22 heavy (non-hydrogen) atoms. The molecule has 0 aliphatic carbocycles. The second-order valence-electron chi connectivity index (χ2n) is 4.99. The van der Waals surface area contributed by atoms with Crippen molar-refractivity contribution in [2.45, 2.75) is 12.8 Å². The van der Waals surface area contributed by atoms with Gasteiger partial charge in [-0.2, -0.15) is 0 Å². The van der Waals surface area contributed by atoms with E-state index < -0.39 is 5.92 Å². The lowest BCUT2D eigenvalue weighted by Crippen LogP contribution is -2.16. The zero-order chi connectivity index (χ0) is 15.9. The fourth-order valence-corrected chi connectivity index (χ4v) is 2.14. The summed E-state index contributed by atoms with van der Waals surface area (Å²) in [4.78, 5) is 11.9. The first-order valence-corrected chi connectivity index (χ1v) is 7.14. The van der Waals surface area contributed by atoms with Gasteiger partial charge >= 0.3 is 5.97 Å². The number of hydrogen-bond acceptors (Lipinski definition) is 3. The maximum Gasteiger partial charge on any atom is 0.313 e. The van der Waals surface area contributed by atoms with Gasteiger partial charge in [-0.1, -0.05) is 42.5 Å². The molecule has 0 saturated heterocycles. The van der Waals surface area contributed by atoms with Crippen LogP contribution in [0.4, 0.5) is 4.39 Å². The summed E-state index contributed by atoms with van der Waals surface area (Å²) in [6.45, 7) is 2.25. The van der Waals surface area contributed by atoms with E-state index in [1.54, 1.807) is 19.1 Å². The Hall–Kier alpha value is -2.20. The average molecular weight is 302 g/mol. The Bertz CT molecular complexity index is 625. The standard InChI is InChI=1S/C18H19FO3/c1-13(18(20)22-11-10-21-2)15-8-9-16(17(19)12-15)14-6-4-3-5-7-14/h3-9,12-13H,10-11H2,1-2H3. The summed E-state index contributed by atoms with van der Waals surface area (Å²) in [5.74, 6) is -1.25. The van der Waals surface area contributed by atoms with Gasteiger partial charge in [-0.25, -0.2) is 4.39 Å². The van der Waals surface area contributed by atoms with E-state index in [2.05, 4.69) is 0 Å². The minimum Gasteiger partial charge on any atom is -0.463 e. The van der Waals surface area contributed by atoms with Crippen molar-refractivity contribution in [2.75, 3.05) is 20.3 Å². The van der Waals surface area contributed by atoms with Crippen molar-refractivity contribution < 1.29 is 18.7 Å². The van der Waals surface area contributed by atoms with Crippen LogP contribution in [0, 0.1) is 5.82 Å². The summed E-state index contributed by atoms with van der Waals surface area (Å²) in [6.07, 6.45) is 0. The predicted octanol–water partition coefficient (Wildman–Crippen LogP) is 3.79. The van der Waals surface area contributed by atoms with Gasteiger partial charge in [-0.15, -0.1) is 0 Å². The largest absolute Gasteiger partial charge is 0.463 e. The molecule has 3 nitrogen and oxygen atoms in total. The maximum atomic E-state index is 14.3. The van der Waals surface area contributed by atoms with Crippen molar-refractivity contribution in [2.24, 2.45) is 0 Å². The minimum atomic E-state index is -0.517. The van der Waals surface area contributed by atoms with Gasteiger partial charge in [0.25, 0.3) is 0 Å². The number of carbonyl (C=O) groups excluding carboxylic acids is 1. The van der Waals surface area contributed by atoms with Crippen LogP contribution in [0.5, 0.6) is 0 Å². The molecule has 0 spiro atoms. The first-order chi connectivity index (χ1) is 10.6. The van der Waals surface area contributed by atoms with Crippen LogP contribution in [0.2, 0.25) is 0 Å². The lowest BCUT2D eigenvalue weighted by molar-refractivity contribution is -0.146. The van der Waals surface area contributed by atoms with Crippen LogP contribution in [-0.4, -0.2) is 26.3 Å². The molecule has 4 heteroatoms. The van der Waals surface area contributed by atoms with Crippen LogP contribution in [0.25, 0.3) is 11.1 Å². The number of halogens is 1. The van der Waals surface area contributed by atoms with E-state index >= 15 is 0 Å². The van der Waals surface area contributed by atoms with E-state index in [0.29, 0.717) is 17.7 Å². The molecule has 0 radical (unpaired) electrons. The number of esters is 1. The van der Waals surface area contributed by atoms with Crippen LogP contribution >= 0.6 is 0 Å². The van der Waals surface area contributed by atoms with Crippen molar-refractivity contribution in [3.63, 3.8) is 0 Å². The fraction of sp³-hybridized carbons (Fsp3) is 0.278. The van der Waals surface area contributed by atoms with E-state index in [0.717, 1.165) is 5.56 Å². The summed E-state index contributed by atoms with van der Waals surface area (Å²) >= 11 is 0. The Morgan fingerprint density at radius 3 is 2.50 bits per heavy atom. The summed E-state index contributed by atoms with van der Waals surface area (Å²) in [7, 11) is 1.54. The summed E-state index contributed by atoms with van der Waals surface area (Å²) in [5, 5.41) is 0. The zero-order valence-corrected chi connectivity index (χ0v) is 12.7. The third-order valence-corrected chi connectivity index (χ3v) is 3.46. The number of benzene rings is 2. The SMILES string of the molecule is COCCOC(=O)C(C)c1ccc(-c2ccccc2)c(F)c1. The zero-order valence-electron chi connectivity index (χ0n) is 12.7. The highest BCUT2D eigenvalue weighted by Crippen LogP contribution is 2.26. The van der Waals surface area contributed by atoms with Crippen molar-refractivity contribution in [1.29, 1.82) is 0 Å². The molecule has 116 valence electrons. The van der Waals surface area contributed by atoms with Gasteiger partial charge in [0.05, 0.1) is 12.5 Å². The minimum absolute atomic E-state index is 0.199. The number of carbonyl (C=O) groups is 1. The highest BCUT2D eigenvalue weighted by atomic mass is 19.1. The number of hydrogen-bond donors (Lipinski definition) is 0. The molecule has 0 amide bonds. The topological polar surface area (TPSA) is 35.5 Å². The molecule has 2 aromatic rings. The first kappa shape index (κ1) is 16.2. The maximum absolute atomic E-state index is 14.3. The van der Waals surface area contributed by atoms with Gasteiger partial charge in [0.15, 0.2) is 0 Å². The number of ether oxygens (including phenoxy) is 2. The molecule has 0 fully saturated rings. The van der Waals surface area contributed by atoms with E-state index in [4.69, 9.17) is 9.47 Å². The van der Waals surface area contributed by atoms with E-state index in [9.17, 15) is 9.18 Å². The van der Waals surface area contributed by atoms with Crippen molar-refractivity contribution in [1.82, 2.24) is 0 Å². The Morgan fingerprint density at radius 2 is 1.86 bits per heavy atom. The normalized spacial score (nSPS) is 12.0. The van der Waals surface area contributed by atoms with Gasteiger partial charge in [-0.05, 0) is 24.1 Å². The third kappa shape index (κ3) is 3.92. The first-order valence-electron chi connectivity index (χ1n) is 7.14. The second-order valence-corrected chi connectivity index (χ2v) is 4.99. The number of methoxy groups -OCH3 is 1. The highest BCUT2D eigenvalue weighted by Gasteiger charge is 2.18. The Kier molecular flexibility index (Phi) is 5.67. The smallest absolute Gasteiger partial charge is 0.313 e. The summed E-state index contributed by atoms with van der Waals surface area (Å²) < 4.78 is 24.2. The van der Waals surface area contributed by atoms with Crippen LogP contribution in [0.1, 0.15) is 18.4 Å². The summed E-state index contributed by atoms with van der Waals surface area (Å²) in [6, 6.07) is 14.1. The van der Waals surface area contributed by atoms with Crippen LogP contribution in [-0.2, 0) is 14.3 Å². The molecule has 1 atom stereocenters. The lowest BCUT2D eigenvalue weighted by Gasteiger charge is -2.13. The summed E-state index contributed by atoms with van der Waals surface area (Å²) in [5.41, 5.74) is 1.92. The molecule has 0 bridgehead atoms. The molecule has 0 heterocycles. The van der Waals surface area contributed by atoms with Gasteiger partial charge in [0, 0.05) is 12.7 Å². The molecule has 0 N–H and O–H groups in total. The van der Waals surface area contributed by atoms with Crippen LogP contribution < -0.4 is 0 Å². The predicted molar refractivity (Wildman–Crippen MR) is 83.1 cm³/mol. The molecule has 0 aliphatic heterocycles. The average Bonchev–Trinajstić information content (AvgIpc) is 2.55. The molecule has 0 aliphatic rings. The highest BCUT2D eigenvalue weighted by molar-refractivity contribution is 5.78. The third-order valence-electron chi connectivity index (χ3n) is 3.46. The molecule has 2 aromatic carbocycles. The van der Waals surface area contributed by atoms with Gasteiger partial charge < -0.3 is 9.47 Å². The van der Waals surface area contributed by atoms with E-state index in [-0.39, 0.29) is 18.4 Å². The Balaban J connectivity index is 2.13.